The number of hydrogen-bond donors (Lipinski definition) is 2. The first-order chi connectivity index (χ1) is 7.00. The van der Waals surface area contributed by atoms with Gasteiger partial charge in [0.2, 0.25) is 0 Å². The number of aliphatic imine (C=N–C) groups is 1. The fraction of sp³-hybridized carbons (Fsp3) is 0.364. The van der Waals surface area contributed by atoms with Gasteiger partial charge in [-0.25, -0.2) is 0 Å². The molecule has 0 spiro atoms. The molecule has 15 heavy (non-hydrogen) atoms. The lowest BCUT2D eigenvalue weighted by Crippen LogP contribution is -2.23. The molecule has 0 heterocycles. The molecule has 0 aromatic heterocycles. The molecule has 0 radical (unpaired) electrons. The van der Waals surface area contributed by atoms with Crippen molar-refractivity contribution in [3.8, 4) is 0 Å². The highest BCUT2D eigenvalue weighted by atomic mass is 35.5. The summed E-state index contributed by atoms with van der Waals surface area (Å²) in [7, 11) is 0. The zero-order valence-corrected chi connectivity index (χ0v) is 9.57. The second-order valence-electron chi connectivity index (χ2n) is 3.51. The van der Waals surface area contributed by atoms with Crippen LogP contribution < -0.4 is 5.73 Å². The topological polar surface area (TPSA) is 58.6 Å². The number of benzene rings is 1. The Morgan fingerprint density at radius 1 is 1.47 bits per heavy atom. The van der Waals surface area contributed by atoms with Crippen LogP contribution in [0.25, 0.3) is 0 Å². The molecule has 82 valence electrons. The van der Waals surface area contributed by atoms with E-state index in [-0.39, 0.29) is 6.04 Å². The third-order valence-electron chi connectivity index (χ3n) is 2.16. The summed E-state index contributed by atoms with van der Waals surface area (Å²) in [6.07, 6.45) is -0.511. The lowest BCUT2D eigenvalue weighted by atomic mass is 10.2. The number of nitrogens with two attached hydrogens (primary N) is 1. The Labute approximate surface area is 94.6 Å². The van der Waals surface area contributed by atoms with Gasteiger partial charge in [0.1, 0.15) is 5.84 Å². The standard InChI is InChI=1S/C11H15ClN2O/c1-7(8(2)15)14-11(13)9-4-3-5-10(12)6-9/h3-8,15H,1-2H3,(H2,13,14)/t7?,8-/m1/s1. The van der Waals surface area contributed by atoms with Crippen LogP contribution in [0.5, 0.6) is 0 Å². The monoisotopic (exact) mass is 226 g/mol. The molecule has 4 heteroatoms. The smallest absolute Gasteiger partial charge is 0.126 e. The molecule has 1 unspecified atom stereocenters. The Balaban J connectivity index is 2.89. The van der Waals surface area contributed by atoms with E-state index in [2.05, 4.69) is 4.99 Å². The maximum Gasteiger partial charge on any atom is 0.126 e. The summed E-state index contributed by atoms with van der Waals surface area (Å²) in [5.41, 5.74) is 6.56. The first kappa shape index (κ1) is 12.0. The van der Waals surface area contributed by atoms with Crippen LogP contribution in [-0.2, 0) is 0 Å². The van der Waals surface area contributed by atoms with Crippen molar-refractivity contribution in [2.45, 2.75) is 26.0 Å². The van der Waals surface area contributed by atoms with Crippen LogP contribution in [0.4, 0.5) is 0 Å². The molecule has 0 aliphatic carbocycles. The minimum absolute atomic E-state index is 0.219. The van der Waals surface area contributed by atoms with Crippen molar-refractivity contribution in [3.63, 3.8) is 0 Å². The van der Waals surface area contributed by atoms with Crippen LogP contribution in [-0.4, -0.2) is 23.1 Å². The van der Waals surface area contributed by atoms with E-state index in [1.54, 1.807) is 19.1 Å². The van der Waals surface area contributed by atoms with Gasteiger partial charge in [0.05, 0.1) is 12.1 Å². The van der Waals surface area contributed by atoms with E-state index in [0.29, 0.717) is 10.9 Å². The fourth-order valence-electron chi connectivity index (χ4n) is 1.05. The second kappa shape index (κ2) is 5.14. The quantitative estimate of drug-likeness (QED) is 0.610. The average molecular weight is 227 g/mol. The maximum absolute atomic E-state index is 9.28. The average Bonchev–Trinajstić information content (AvgIpc) is 2.17. The molecule has 0 fully saturated rings. The first-order valence-electron chi connectivity index (χ1n) is 4.78. The number of aliphatic hydroxyl groups excluding tert-OH is 1. The van der Waals surface area contributed by atoms with Gasteiger partial charge >= 0.3 is 0 Å². The van der Waals surface area contributed by atoms with Crippen molar-refractivity contribution < 1.29 is 5.11 Å². The number of halogens is 1. The van der Waals surface area contributed by atoms with E-state index in [1.165, 1.54) is 0 Å². The van der Waals surface area contributed by atoms with E-state index in [0.717, 1.165) is 5.56 Å². The first-order valence-corrected chi connectivity index (χ1v) is 5.16. The Morgan fingerprint density at radius 2 is 2.13 bits per heavy atom. The van der Waals surface area contributed by atoms with Crippen molar-refractivity contribution >= 4 is 17.4 Å². The lowest BCUT2D eigenvalue weighted by Gasteiger charge is -2.11. The van der Waals surface area contributed by atoms with Gasteiger partial charge in [-0.15, -0.1) is 0 Å². The van der Waals surface area contributed by atoms with Crippen molar-refractivity contribution in [2.75, 3.05) is 0 Å². The summed E-state index contributed by atoms with van der Waals surface area (Å²) in [5, 5.41) is 9.90. The molecular formula is C11H15ClN2O. The number of nitrogens with zero attached hydrogens (tertiary/aromatic N) is 1. The summed E-state index contributed by atoms with van der Waals surface area (Å²) in [5.74, 6) is 0.394. The van der Waals surface area contributed by atoms with Gasteiger partial charge in [-0.2, -0.15) is 0 Å². The summed E-state index contributed by atoms with van der Waals surface area (Å²) in [4.78, 5) is 4.17. The Morgan fingerprint density at radius 3 is 2.67 bits per heavy atom. The van der Waals surface area contributed by atoms with Crippen LogP contribution >= 0.6 is 11.6 Å². The SMILES string of the molecule is CC(N=C(N)c1cccc(Cl)c1)[C@@H](C)O. The van der Waals surface area contributed by atoms with Gasteiger partial charge in [0, 0.05) is 10.6 Å². The highest BCUT2D eigenvalue weighted by molar-refractivity contribution is 6.31. The minimum Gasteiger partial charge on any atom is -0.391 e. The minimum atomic E-state index is -0.511. The second-order valence-corrected chi connectivity index (χ2v) is 3.94. The number of aliphatic hydroxyl groups is 1. The van der Waals surface area contributed by atoms with E-state index < -0.39 is 6.10 Å². The molecule has 0 bridgehead atoms. The molecule has 0 saturated heterocycles. The molecule has 0 amide bonds. The van der Waals surface area contributed by atoms with Crippen LogP contribution in [0.3, 0.4) is 0 Å². The van der Waals surface area contributed by atoms with Gasteiger partial charge in [-0.3, -0.25) is 4.99 Å². The van der Waals surface area contributed by atoms with Gasteiger partial charge in [-0.1, -0.05) is 23.7 Å². The molecule has 3 nitrogen and oxygen atoms in total. The third kappa shape index (κ3) is 3.53. The lowest BCUT2D eigenvalue weighted by molar-refractivity contribution is 0.171. The molecule has 1 aromatic carbocycles. The van der Waals surface area contributed by atoms with Crippen LogP contribution in [0.1, 0.15) is 19.4 Å². The van der Waals surface area contributed by atoms with Crippen molar-refractivity contribution in [1.82, 2.24) is 0 Å². The number of amidine groups is 1. The van der Waals surface area contributed by atoms with Crippen LogP contribution in [0, 0.1) is 0 Å². The van der Waals surface area contributed by atoms with Crippen LogP contribution in [0.15, 0.2) is 29.3 Å². The van der Waals surface area contributed by atoms with Gasteiger partial charge < -0.3 is 10.8 Å². The van der Waals surface area contributed by atoms with Gasteiger partial charge in [0.15, 0.2) is 0 Å². The summed E-state index contributed by atoms with van der Waals surface area (Å²) >= 11 is 5.83. The fourth-order valence-corrected chi connectivity index (χ4v) is 1.24. The molecule has 0 aliphatic rings. The molecule has 0 saturated carbocycles. The van der Waals surface area contributed by atoms with Gasteiger partial charge in [0.25, 0.3) is 0 Å². The zero-order valence-electron chi connectivity index (χ0n) is 8.81. The number of rotatable bonds is 3. The Hall–Kier alpha value is -1.06. The van der Waals surface area contributed by atoms with Gasteiger partial charge in [-0.05, 0) is 26.0 Å². The maximum atomic E-state index is 9.28. The molecule has 2 atom stereocenters. The Bertz CT molecular complexity index is 363. The molecule has 3 N–H and O–H groups in total. The highest BCUT2D eigenvalue weighted by Gasteiger charge is 2.08. The zero-order chi connectivity index (χ0) is 11.4. The highest BCUT2D eigenvalue weighted by Crippen LogP contribution is 2.11. The molecule has 0 aliphatic heterocycles. The number of hydrogen-bond acceptors (Lipinski definition) is 2. The molecule has 1 rings (SSSR count). The van der Waals surface area contributed by atoms with Crippen molar-refractivity contribution in [3.05, 3.63) is 34.9 Å². The van der Waals surface area contributed by atoms with Crippen molar-refractivity contribution in [1.29, 1.82) is 0 Å². The van der Waals surface area contributed by atoms with E-state index in [9.17, 15) is 5.11 Å². The van der Waals surface area contributed by atoms with Crippen LogP contribution in [0.2, 0.25) is 5.02 Å². The Kier molecular flexibility index (Phi) is 4.12. The van der Waals surface area contributed by atoms with E-state index in [4.69, 9.17) is 17.3 Å². The summed E-state index contributed by atoms with van der Waals surface area (Å²) < 4.78 is 0. The normalized spacial score (nSPS) is 16.1. The van der Waals surface area contributed by atoms with Crippen molar-refractivity contribution in [2.24, 2.45) is 10.7 Å². The molecule has 1 aromatic rings. The largest absolute Gasteiger partial charge is 0.391 e. The summed E-state index contributed by atoms with van der Waals surface area (Å²) in [6, 6.07) is 6.95. The predicted octanol–water partition coefficient (Wildman–Crippen LogP) is 1.81. The predicted molar refractivity (Wildman–Crippen MR) is 63.3 cm³/mol. The molecular weight excluding hydrogens is 212 g/mol. The summed E-state index contributed by atoms with van der Waals surface area (Å²) in [6.45, 7) is 3.49. The van der Waals surface area contributed by atoms with E-state index >= 15 is 0 Å². The third-order valence-corrected chi connectivity index (χ3v) is 2.40. The van der Waals surface area contributed by atoms with E-state index in [1.807, 2.05) is 19.1 Å².